The average molecular weight is 418 g/mol. The lowest BCUT2D eigenvalue weighted by atomic mass is 10.1. The van der Waals surface area contributed by atoms with Gasteiger partial charge in [0.25, 0.3) is 10.0 Å². The number of carbonyl (C=O) groups is 2. The van der Waals surface area contributed by atoms with Crippen LogP contribution in [0.4, 0.5) is 14.9 Å². The molecule has 0 saturated carbocycles. The zero-order valence-electron chi connectivity index (χ0n) is 16.0. The molecule has 0 atom stereocenters. The maximum absolute atomic E-state index is 13.6. The number of halogens is 1. The number of ether oxygens (including phenoxy) is 1. The van der Waals surface area contributed by atoms with Crippen LogP contribution in [0.5, 0.6) is 0 Å². The molecule has 1 aromatic heterocycles. The van der Waals surface area contributed by atoms with Gasteiger partial charge in [0.15, 0.2) is 6.29 Å². The van der Waals surface area contributed by atoms with Crippen LogP contribution in [-0.4, -0.2) is 30.4 Å². The van der Waals surface area contributed by atoms with Crippen molar-refractivity contribution < 1.29 is 27.1 Å². The van der Waals surface area contributed by atoms with Gasteiger partial charge in [-0.15, -0.1) is 0 Å². The average Bonchev–Trinajstić information content (AvgIpc) is 3.00. The summed E-state index contributed by atoms with van der Waals surface area (Å²) < 4.78 is 45.7. The molecule has 0 saturated heterocycles. The molecule has 0 unspecified atom stereocenters. The number of amides is 1. The molecule has 0 aliphatic carbocycles. The second-order valence-corrected chi connectivity index (χ2v) is 9.10. The van der Waals surface area contributed by atoms with Crippen molar-refractivity contribution in [2.24, 2.45) is 0 Å². The first-order valence-corrected chi connectivity index (χ1v) is 10.1. The molecule has 1 N–H and O–H groups in total. The highest BCUT2D eigenvalue weighted by molar-refractivity contribution is 7.90. The van der Waals surface area contributed by atoms with Gasteiger partial charge >= 0.3 is 6.09 Å². The van der Waals surface area contributed by atoms with Crippen molar-refractivity contribution in [2.75, 3.05) is 5.32 Å². The number of benzene rings is 2. The Morgan fingerprint density at radius 2 is 1.86 bits per heavy atom. The molecule has 2 aromatic carbocycles. The van der Waals surface area contributed by atoms with E-state index < -0.39 is 27.5 Å². The van der Waals surface area contributed by atoms with Gasteiger partial charge in [-0.3, -0.25) is 10.1 Å². The number of hydrogen-bond donors (Lipinski definition) is 1. The van der Waals surface area contributed by atoms with Crippen LogP contribution in [0.15, 0.2) is 53.6 Å². The van der Waals surface area contributed by atoms with Crippen LogP contribution in [-0.2, 0) is 14.8 Å². The van der Waals surface area contributed by atoms with Gasteiger partial charge in [0.1, 0.15) is 11.4 Å². The van der Waals surface area contributed by atoms with Crippen molar-refractivity contribution in [1.82, 2.24) is 3.97 Å². The number of fused-ring (bicyclic) bond motifs is 1. The summed E-state index contributed by atoms with van der Waals surface area (Å²) in [5.41, 5.74) is -0.318. The number of aromatic nitrogens is 1. The van der Waals surface area contributed by atoms with Crippen molar-refractivity contribution in [3.63, 3.8) is 0 Å². The van der Waals surface area contributed by atoms with Crippen molar-refractivity contribution in [3.8, 4) is 0 Å². The highest BCUT2D eigenvalue weighted by atomic mass is 32.2. The summed E-state index contributed by atoms with van der Waals surface area (Å²) in [4.78, 5) is 23.5. The summed E-state index contributed by atoms with van der Waals surface area (Å²) in [5.74, 6) is -0.703. The fraction of sp³-hybridized carbons (Fsp3) is 0.200. The lowest BCUT2D eigenvalue weighted by Gasteiger charge is -2.20. The SMILES string of the molecule is CC(C)(C)OC(=O)Nc1cccc2c1c(C=O)cn2S(=O)(=O)c1cccc(F)c1. The molecule has 7 nitrogen and oxygen atoms in total. The largest absolute Gasteiger partial charge is 0.444 e. The molecule has 0 aliphatic rings. The summed E-state index contributed by atoms with van der Waals surface area (Å²) in [6.07, 6.45) is 0.876. The maximum Gasteiger partial charge on any atom is 0.412 e. The Morgan fingerprint density at radius 3 is 2.48 bits per heavy atom. The Balaban J connectivity index is 2.15. The molecule has 0 aliphatic heterocycles. The predicted molar refractivity (Wildman–Crippen MR) is 106 cm³/mol. The van der Waals surface area contributed by atoms with E-state index in [1.54, 1.807) is 20.8 Å². The maximum atomic E-state index is 13.6. The van der Waals surface area contributed by atoms with Gasteiger partial charge in [-0.2, -0.15) is 0 Å². The van der Waals surface area contributed by atoms with E-state index in [2.05, 4.69) is 5.32 Å². The number of rotatable bonds is 4. The van der Waals surface area contributed by atoms with Crippen LogP contribution in [0, 0.1) is 5.82 Å². The van der Waals surface area contributed by atoms with E-state index in [0.29, 0.717) is 6.29 Å². The molecule has 29 heavy (non-hydrogen) atoms. The van der Waals surface area contributed by atoms with E-state index in [1.165, 1.54) is 30.3 Å². The monoisotopic (exact) mass is 418 g/mol. The van der Waals surface area contributed by atoms with E-state index >= 15 is 0 Å². The topological polar surface area (TPSA) is 94.5 Å². The van der Waals surface area contributed by atoms with Crippen molar-refractivity contribution in [3.05, 3.63) is 60.0 Å². The van der Waals surface area contributed by atoms with Crippen molar-refractivity contribution in [1.29, 1.82) is 0 Å². The van der Waals surface area contributed by atoms with Gasteiger partial charge in [0.2, 0.25) is 0 Å². The number of nitrogens with one attached hydrogen (secondary N) is 1. The second-order valence-electron chi connectivity index (χ2n) is 7.29. The van der Waals surface area contributed by atoms with Gasteiger partial charge in [-0.05, 0) is 51.1 Å². The molecule has 0 spiro atoms. The summed E-state index contributed by atoms with van der Waals surface area (Å²) in [7, 11) is -4.18. The van der Waals surface area contributed by atoms with Crippen LogP contribution in [0.1, 0.15) is 31.1 Å². The number of carbonyl (C=O) groups excluding carboxylic acids is 2. The number of anilines is 1. The predicted octanol–water partition coefficient (Wildman–Crippen LogP) is 4.18. The third-order valence-corrected chi connectivity index (χ3v) is 5.61. The van der Waals surface area contributed by atoms with E-state index in [1.807, 2.05) is 0 Å². The van der Waals surface area contributed by atoms with Crippen LogP contribution in [0.25, 0.3) is 10.9 Å². The third kappa shape index (κ3) is 4.14. The molecule has 9 heteroatoms. The van der Waals surface area contributed by atoms with E-state index in [-0.39, 0.29) is 27.0 Å². The zero-order chi connectivity index (χ0) is 21.4. The summed E-state index contributed by atoms with van der Waals surface area (Å²) >= 11 is 0. The molecule has 3 aromatic rings. The normalized spacial score (nSPS) is 12.0. The Morgan fingerprint density at radius 1 is 1.17 bits per heavy atom. The molecule has 1 amide bonds. The van der Waals surface area contributed by atoms with E-state index in [4.69, 9.17) is 4.74 Å². The first-order valence-electron chi connectivity index (χ1n) is 8.63. The highest BCUT2D eigenvalue weighted by Crippen LogP contribution is 2.31. The van der Waals surface area contributed by atoms with Crippen LogP contribution < -0.4 is 5.32 Å². The quantitative estimate of drug-likeness (QED) is 0.642. The van der Waals surface area contributed by atoms with Crippen LogP contribution >= 0.6 is 0 Å². The second kappa shape index (κ2) is 7.32. The van der Waals surface area contributed by atoms with Gasteiger partial charge in [0.05, 0.1) is 16.1 Å². The smallest absolute Gasteiger partial charge is 0.412 e. The van der Waals surface area contributed by atoms with Crippen LogP contribution in [0.3, 0.4) is 0 Å². The Hall–Kier alpha value is -3.20. The molecule has 152 valence electrons. The fourth-order valence-corrected chi connectivity index (χ4v) is 4.24. The van der Waals surface area contributed by atoms with Gasteiger partial charge < -0.3 is 4.74 Å². The Labute approximate surface area is 167 Å². The molecule has 3 rings (SSSR count). The summed E-state index contributed by atoms with van der Waals surface area (Å²) in [6, 6.07) is 9.10. The summed E-state index contributed by atoms with van der Waals surface area (Å²) in [6.45, 7) is 5.10. The first-order chi connectivity index (χ1) is 13.5. The molecule has 0 radical (unpaired) electrons. The number of aldehydes is 1. The Bertz CT molecular complexity index is 1210. The fourth-order valence-electron chi connectivity index (χ4n) is 2.83. The van der Waals surface area contributed by atoms with Crippen molar-refractivity contribution in [2.45, 2.75) is 31.3 Å². The molecule has 1 heterocycles. The minimum Gasteiger partial charge on any atom is -0.444 e. The van der Waals surface area contributed by atoms with Gasteiger partial charge in [-0.25, -0.2) is 21.6 Å². The van der Waals surface area contributed by atoms with Gasteiger partial charge in [-0.1, -0.05) is 12.1 Å². The minimum atomic E-state index is -4.18. The van der Waals surface area contributed by atoms with E-state index in [9.17, 15) is 22.4 Å². The lowest BCUT2D eigenvalue weighted by molar-refractivity contribution is 0.0636. The number of nitrogens with zero attached hydrogens (tertiary/aromatic N) is 1. The first kappa shape index (κ1) is 20.5. The van der Waals surface area contributed by atoms with Crippen LogP contribution in [0.2, 0.25) is 0 Å². The highest BCUT2D eigenvalue weighted by Gasteiger charge is 2.24. The van der Waals surface area contributed by atoms with Crippen molar-refractivity contribution >= 4 is 39.0 Å². The molecular formula is C20H19FN2O5S. The number of hydrogen-bond acceptors (Lipinski definition) is 5. The standard InChI is InChI=1S/C20H19FN2O5S/c1-20(2,3)28-19(25)22-16-8-5-9-17-18(16)13(12-24)11-23(17)29(26,27)15-7-4-6-14(21)10-15/h4-12H,1-3H3,(H,22,25). The lowest BCUT2D eigenvalue weighted by Crippen LogP contribution is -2.27. The van der Waals surface area contributed by atoms with E-state index in [0.717, 1.165) is 22.3 Å². The van der Waals surface area contributed by atoms with Gasteiger partial charge in [0, 0.05) is 17.1 Å². The molecular weight excluding hydrogens is 399 g/mol. The Kier molecular flexibility index (Phi) is 5.18. The zero-order valence-corrected chi connectivity index (χ0v) is 16.8. The molecule has 0 fully saturated rings. The minimum absolute atomic E-state index is 0.0478. The third-order valence-electron chi connectivity index (χ3n) is 3.94. The summed E-state index contributed by atoms with van der Waals surface area (Å²) in [5, 5.41) is 2.77. The molecule has 0 bridgehead atoms.